The van der Waals surface area contributed by atoms with Crippen LogP contribution in [0.5, 0.6) is 0 Å². The third kappa shape index (κ3) is 3.52. The van der Waals surface area contributed by atoms with E-state index in [0.29, 0.717) is 11.6 Å². The highest BCUT2D eigenvalue weighted by Crippen LogP contribution is 2.11. The van der Waals surface area contributed by atoms with Crippen LogP contribution in [0.15, 0.2) is 48.8 Å². The second kappa shape index (κ2) is 6.28. The molecule has 102 valence electrons. The maximum absolute atomic E-state index is 11.1. The van der Waals surface area contributed by atoms with Gasteiger partial charge in [-0.15, -0.1) is 0 Å². The van der Waals surface area contributed by atoms with Gasteiger partial charge in [0.25, 0.3) is 0 Å². The van der Waals surface area contributed by atoms with Crippen molar-refractivity contribution < 1.29 is 9.59 Å². The van der Waals surface area contributed by atoms with E-state index in [1.807, 2.05) is 12.1 Å². The summed E-state index contributed by atoms with van der Waals surface area (Å²) in [7, 11) is 0. The van der Waals surface area contributed by atoms with E-state index < -0.39 is 6.03 Å². The Morgan fingerprint density at radius 1 is 1.05 bits per heavy atom. The molecule has 3 amide bonds. The summed E-state index contributed by atoms with van der Waals surface area (Å²) in [5, 5.41) is 2.17. The number of hydrogen-bond donors (Lipinski definition) is 2. The van der Waals surface area contributed by atoms with Crippen LogP contribution in [0.3, 0.4) is 0 Å². The lowest BCUT2D eigenvalue weighted by Gasteiger charge is -2.10. The van der Waals surface area contributed by atoms with Gasteiger partial charge in [-0.2, -0.15) is 0 Å². The Bertz CT molecular complexity index is 588. The summed E-state index contributed by atoms with van der Waals surface area (Å²) in [5.41, 5.74) is 5.25. The highest BCUT2D eigenvalue weighted by Gasteiger charge is 2.28. The lowest BCUT2D eigenvalue weighted by Crippen LogP contribution is -2.28. The molecular weight excluding hydrogens is 258 g/mol. The molecule has 3 rings (SSSR count). The number of rotatable bonds is 1. The number of pyridine rings is 2. The number of anilines is 2. The van der Waals surface area contributed by atoms with Crippen molar-refractivity contribution in [3.05, 3.63) is 48.8 Å². The van der Waals surface area contributed by atoms with Crippen LogP contribution in [0.25, 0.3) is 0 Å². The van der Waals surface area contributed by atoms with E-state index in [1.165, 1.54) is 4.90 Å². The molecule has 7 heteroatoms. The molecule has 0 spiro atoms. The Kier molecular flexibility index (Phi) is 4.23. The zero-order valence-electron chi connectivity index (χ0n) is 10.6. The topological polar surface area (TPSA) is 101 Å². The van der Waals surface area contributed by atoms with E-state index >= 15 is 0 Å². The van der Waals surface area contributed by atoms with E-state index in [2.05, 4.69) is 15.3 Å². The molecule has 0 aliphatic carbocycles. The lowest BCUT2D eigenvalue weighted by molar-refractivity contribution is -0.117. The molecule has 0 aromatic carbocycles. The summed E-state index contributed by atoms with van der Waals surface area (Å²) in [5.74, 6) is 0.768. The molecular formula is C13H13N5O2. The predicted molar refractivity (Wildman–Crippen MR) is 73.8 cm³/mol. The second-order valence-corrected chi connectivity index (χ2v) is 3.88. The highest BCUT2D eigenvalue weighted by atomic mass is 16.2. The van der Waals surface area contributed by atoms with Gasteiger partial charge in [-0.05, 0) is 24.3 Å². The molecule has 0 unspecified atom stereocenters. The minimum absolute atomic E-state index is 0.0514. The Hall–Kier alpha value is -2.96. The standard InChI is InChI=1S/C8H7N3O2.C5H6N2/c12-7-5-11(8(13)10-7)6-3-1-2-4-9-6;6-5-3-1-2-4-7-5/h1-4H,5H2,(H,10,12,13);1-4H,(H2,6,7). The van der Waals surface area contributed by atoms with Crippen molar-refractivity contribution in [2.75, 3.05) is 17.2 Å². The van der Waals surface area contributed by atoms with Gasteiger partial charge in [0.05, 0.1) is 0 Å². The van der Waals surface area contributed by atoms with E-state index in [1.54, 1.807) is 36.7 Å². The maximum Gasteiger partial charge on any atom is 0.330 e. The van der Waals surface area contributed by atoms with Crippen LogP contribution in [0, 0.1) is 0 Å². The number of urea groups is 1. The molecule has 7 nitrogen and oxygen atoms in total. The Balaban J connectivity index is 0.000000178. The number of nitrogens with two attached hydrogens (primary N) is 1. The van der Waals surface area contributed by atoms with Gasteiger partial charge < -0.3 is 5.73 Å². The van der Waals surface area contributed by atoms with Crippen molar-refractivity contribution in [2.45, 2.75) is 0 Å². The minimum atomic E-state index is -0.413. The largest absolute Gasteiger partial charge is 0.384 e. The number of hydrogen-bond acceptors (Lipinski definition) is 5. The van der Waals surface area contributed by atoms with Gasteiger partial charge >= 0.3 is 6.03 Å². The predicted octanol–water partition coefficient (Wildman–Crippen LogP) is 0.802. The number of carbonyl (C=O) groups excluding carboxylic acids is 2. The number of nitrogens with one attached hydrogen (secondary N) is 1. The number of carbonyl (C=O) groups is 2. The fraction of sp³-hybridized carbons (Fsp3) is 0.0769. The third-order valence-electron chi connectivity index (χ3n) is 2.41. The zero-order valence-corrected chi connectivity index (χ0v) is 10.6. The molecule has 1 saturated heterocycles. The molecule has 0 bridgehead atoms. The number of nitrogens with zero attached hydrogens (tertiary/aromatic N) is 3. The fourth-order valence-corrected chi connectivity index (χ4v) is 1.52. The first kappa shape index (κ1) is 13.5. The van der Waals surface area contributed by atoms with Crippen LogP contribution in [0.2, 0.25) is 0 Å². The van der Waals surface area contributed by atoms with Crippen molar-refractivity contribution >= 4 is 23.6 Å². The smallest absolute Gasteiger partial charge is 0.330 e. The first-order valence-corrected chi connectivity index (χ1v) is 5.85. The molecule has 3 N–H and O–H groups in total. The number of nitrogen functional groups attached to an aromatic ring is 1. The van der Waals surface area contributed by atoms with Gasteiger partial charge in [0, 0.05) is 12.4 Å². The van der Waals surface area contributed by atoms with Gasteiger partial charge in [0.15, 0.2) is 0 Å². The van der Waals surface area contributed by atoms with Crippen LogP contribution < -0.4 is 16.0 Å². The van der Waals surface area contributed by atoms with E-state index in [9.17, 15) is 9.59 Å². The molecule has 20 heavy (non-hydrogen) atoms. The van der Waals surface area contributed by atoms with E-state index in [-0.39, 0.29) is 12.5 Å². The number of imide groups is 1. The molecule has 0 atom stereocenters. The van der Waals surface area contributed by atoms with Crippen LogP contribution in [-0.4, -0.2) is 28.5 Å². The van der Waals surface area contributed by atoms with E-state index in [4.69, 9.17) is 5.73 Å². The molecule has 1 aliphatic rings. The summed E-state index contributed by atoms with van der Waals surface area (Å²) in [6.07, 6.45) is 3.24. The lowest BCUT2D eigenvalue weighted by atomic mass is 10.4. The van der Waals surface area contributed by atoms with Crippen LogP contribution in [0.1, 0.15) is 0 Å². The van der Waals surface area contributed by atoms with Crippen molar-refractivity contribution in [2.24, 2.45) is 0 Å². The first-order chi connectivity index (χ1) is 9.66. The third-order valence-corrected chi connectivity index (χ3v) is 2.41. The average molecular weight is 271 g/mol. The van der Waals surface area contributed by atoms with Gasteiger partial charge in [-0.3, -0.25) is 15.0 Å². The molecule has 0 saturated carbocycles. The summed E-state index contributed by atoms with van der Waals surface area (Å²) in [6, 6.07) is 10.2. The van der Waals surface area contributed by atoms with Gasteiger partial charge in [-0.25, -0.2) is 14.8 Å². The quantitative estimate of drug-likeness (QED) is 0.747. The molecule has 1 fully saturated rings. The van der Waals surface area contributed by atoms with Crippen molar-refractivity contribution in [1.29, 1.82) is 0 Å². The molecule has 2 aromatic rings. The van der Waals surface area contributed by atoms with Crippen molar-refractivity contribution in [1.82, 2.24) is 15.3 Å². The Morgan fingerprint density at radius 3 is 2.15 bits per heavy atom. The first-order valence-electron chi connectivity index (χ1n) is 5.85. The van der Waals surface area contributed by atoms with Crippen molar-refractivity contribution in [3.63, 3.8) is 0 Å². The molecule has 1 aliphatic heterocycles. The van der Waals surface area contributed by atoms with Crippen LogP contribution >= 0.6 is 0 Å². The SMILES string of the molecule is Nc1ccccn1.O=C1CN(c2ccccn2)C(=O)N1. The normalized spacial score (nSPS) is 13.5. The highest BCUT2D eigenvalue weighted by molar-refractivity contribution is 6.11. The average Bonchev–Trinajstić information content (AvgIpc) is 2.80. The number of aromatic nitrogens is 2. The van der Waals surface area contributed by atoms with Crippen molar-refractivity contribution in [3.8, 4) is 0 Å². The summed E-state index contributed by atoms with van der Waals surface area (Å²) >= 11 is 0. The maximum atomic E-state index is 11.1. The summed E-state index contributed by atoms with van der Waals surface area (Å²) in [4.78, 5) is 31.0. The molecule has 3 heterocycles. The second-order valence-electron chi connectivity index (χ2n) is 3.88. The van der Waals surface area contributed by atoms with E-state index in [0.717, 1.165) is 0 Å². The Morgan fingerprint density at radius 2 is 1.75 bits per heavy atom. The number of amides is 3. The summed E-state index contributed by atoms with van der Waals surface area (Å²) in [6.45, 7) is 0.0514. The zero-order chi connectivity index (χ0) is 14.4. The van der Waals surface area contributed by atoms with Crippen LogP contribution in [0.4, 0.5) is 16.4 Å². The Labute approximate surface area is 115 Å². The van der Waals surface area contributed by atoms with Crippen LogP contribution in [-0.2, 0) is 4.79 Å². The van der Waals surface area contributed by atoms with Gasteiger partial charge in [0.1, 0.15) is 18.2 Å². The fourth-order valence-electron chi connectivity index (χ4n) is 1.52. The van der Waals surface area contributed by atoms with Gasteiger partial charge in [0.2, 0.25) is 5.91 Å². The molecule has 2 aromatic heterocycles. The summed E-state index contributed by atoms with van der Waals surface area (Å²) < 4.78 is 0. The molecule has 0 radical (unpaired) electrons. The monoisotopic (exact) mass is 271 g/mol. The minimum Gasteiger partial charge on any atom is -0.384 e. The van der Waals surface area contributed by atoms with Gasteiger partial charge in [-0.1, -0.05) is 12.1 Å².